The van der Waals surface area contributed by atoms with E-state index < -0.39 is 5.54 Å². The van der Waals surface area contributed by atoms with Crippen molar-refractivity contribution in [1.82, 2.24) is 4.90 Å². The van der Waals surface area contributed by atoms with Crippen LogP contribution >= 0.6 is 0 Å². The van der Waals surface area contributed by atoms with Crippen LogP contribution in [0.5, 0.6) is 0 Å². The molecule has 4 fully saturated rings. The van der Waals surface area contributed by atoms with Gasteiger partial charge in [-0.05, 0) is 52.0 Å². The summed E-state index contributed by atoms with van der Waals surface area (Å²) in [5.41, 5.74) is -0.638. The fourth-order valence-electron chi connectivity index (χ4n) is 5.61. The van der Waals surface area contributed by atoms with Crippen molar-refractivity contribution in [1.29, 1.82) is 0 Å². The summed E-state index contributed by atoms with van der Waals surface area (Å²) in [4.78, 5) is 27.5. The van der Waals surface area contributed by atoms with Gasteiger partial charge in [-0.15, -0.1) is 0 Å². The van der Waals surface area contributed by atoms with Gasteiger partial charge in [-0.2, -0.15) is 0 Å². The molecule has 3 aliphatic heterocycles. The molecule has 28 heavy (non-hydrogen) atoms. The van der Waals surface area contributed by atoms with Crippen LogP contribution in [0.1, 0.15) is 58.4 Å². The smallest absolute Gasteiger partial charge is 0.334 e. The Morgan fingerprint density at radius 2 is 2.00 bits per heavy atom. The monoisotopic (exact) mass is 385 g/mol. The number of esters is 1. The lowest BCUT2D eigenvalue weighted by Crippen LogP contribution is -2.62. The Bertz CT molecular complexity index is 745. The van der Waals surface area contributed by atoms with E-state index >= 15 is 0 Å². The van der Waals surface area contributed by atoms with Gasteiger partial charge in [-0.1, -0.05) is 30.3 Å². The summed E-state index contributed by atoms with van der Waals surface area (Å²) in [6, 6.07) is 9.99. The maximum Gasteiger partial charge on any atom is 0.334 e. The lowest BCUT2D eigenvalue weighted by Gasteiger charge is -2.57. The summed E-state index contributed by atoms with van der Waals surface area (Å²) in [7, 11) is 0. The average molecular weight is 386 g/mol. The van der Waals surface area contributed by atoms with Crippen LogP contribution in [-0.4, -0.2) is 46.5 Å². The van der Waals surface area contributed by atoms with Gasteiger partial charge < -0.3 is 14.3 Å². The molecule has 1 unspecified atom stereocenters. The Balaban J connectivity index is 1.53. The van der Waals surface area contributed by atoms with Crippen molar-refractivity contribution in [3.05, 3.63) is 35.9 Å². The van der Waals surface area contributed by atoms with Crippen molar-refractivity contribution in [2.75, 3.05) is 6.54 Å². The van der Waals surface area contributed by atoms with Crippen molar-refractivity contribution >= 4 is 12.3 Å². The number of benzene rings is 1. The highest BCUT2D eigenvalue weighted by atomic mass is 16.6. The molecule has 152 valence electrons. The first-order chi connectivity index (χ1) is 13.3. The molecular formula is C23H31NO4. The standard InChI is InChI=1S/C23H31NO4/c1-21(2)18-10-12-22(3,28-21)14-19(18)27-20(26)23(16-25)11-7-13-24(23)15-17-8-5-4-6-9-17/h4-6,8-9,16,18-19H,7,10-15H2,1-3H3/t18-,19+,22+,23?/m0/s1. The molecule has 1 saturated carbocycles. The number of likely N-dealkylation sites (tertiary alicyclic amines) is 1. The van der Waals surface area contributed by atoms with Gasteiger partial charge in [0, 0.05) is 25.4 Å². The third kappa shape index (κ3) is 3.29. The molecule has 1 aromatic rings. The van der Waals surface area contributed by atoms with Gasteiger partial charge in [-0.3, -0.25) is 4.90 Å². The molecule has 1 aliphatic carbocycles. The Morgan fingerprint density at radius 1 is 1.25 bits per heavy atom. The highest BCUT2D eigenvalue weighted by Gasteiger charge is 2.57. The number of nitrogens with zero attached hydrogens (tertiary/aromatic N) is 1. The number of carbonyl (C=O) groups is 2. The van der Waals surface area contributed by atoms with Crippen LogP contribution in [0.15, 0.2) is 30.3 Å². The number of aldehydes is 1. The van der Waals surface area contributed by atoms with Crippen LogP contribution < -0.4 is 0 Å². The maximum absolute atomic E-state index is 13.3. The molecule has 5 rings (SSSR count). The number of ether oxygens (including phenoxy) is 2. The van der Waals surface area contributed by atoms with E-state index in [2.05, 4.69) is 20.8 Å². The van der Waals surface area contributed by atoms with Gasteiger partial charge in [0.05, 0.1) is 11.2 Å². The van der Waals surface area contributed by atoms with E-state index in [0.717, 1.165) is 37.7 Å². The molecule has 1 aromatic carbocycles. The molecule has 3 saturated heterocycles. The predicted octanol–water partition coefficient (Wildman–Crippen LogP) is 3.50. The first-order valence-corrected chi connectivity index (χ1v) is 10.4. The van der Waals surface area contributed by atoms with Crippen LogP contribution in [0.2, 0.25) is 0 Å². The molecular weight excluding hydrogens is 354 g/mol. The van der Waals surface area contributed by atoms with Crippen LogP contribution in [0, 0.1) is 5.92 Å². The number of hydrogen-bond acceptors (Lipinski definition) is 5. The highest BCUT2D eigenvalue weighted by molar-refractivity contribution is 5.98. The van der Waals surface area contributed by atoms with E-state index in [0.29, 0.717) is 19.4 Å². The van der Waals surface area contributed by atoms with E-state index in [4.69, 9.17) is 9.47 Å². The van der Waals surface area contributed by atoms with Crippen LogP contribution in [0.3, 0.4) is 0 Å². The van der Waals surface area contributed by atoms with Crippen molar-refractivity contribution in [3.63, 3.8) is 0 Å². The van der Waals surface area contributed by atoms with Crippen LogP contribution in [0.25, 0.3) is 0 Å². The van der Waals surface area contributed by atoms with E-state index in [1.54, 1.807) is 0 Å². The molecule has 3 heterocycles. The topological polar surface area (TPSA) is 55.8 Å². The first-order valence-electron chi connectivity index (χ1n) is 10.4. The second-order valence-electron chi connectivity index (χ2n) is 9.50. The molecule has 5 heteroatoms. The third-order valence-corrected chi connectivity index (χ3v) is 7.04. The Hall–Kier alpha value is -1.72. The summed E-state index contributed by atoms with van der Waals surface area (Å²) in [6.07, 6.45) is 4.66. The third-order valence-electron chi connectivity index (χ3n) is 7.04. The van der Waals surface area contributed by atoms with Gasteiger partial charge in [-0.25, -0.2) is 4.79 Å². The molecule has 4 atom stereocenters. The quantitative estimate of drug-likeness (QED) is 0.441. The second kappa shape index (κ2) is 6.96. The fraction of sp³-hybridized carbons (Fsp3) is 0.652. The second-order valence-corrected chi connectivity index (χ2v) is 9.50. The SMILES string of the molecule is CC1(C)O[C@]2(C)CC[C@H]1[C@H](OC(=O)C1(C=O)CCCN1Cc1ccccc1)C2. The number of carbonyl (C=O) groups excluding carboxylic acids is 2. The molecule has 0 radical (unpaired) electrons. The molecule has 0 aromatic heterocycles. The minimum Gasteiger partial charge on any atom is -0.460 e. The zero-order valence-electron chi connectivity index (χ0n) is 17.1. The summed E-state index contributed by atoms with van der Waals surface area (Å²) >= 11 is 0. The van der Waals surface area contributed by atoms with Crippen molar-refractivity contribution < 1.29 is 19.1 Å². The zero-order valence-corrected chi connectivity index (χ0v) is 17.1. The number of rotatable bonds is 5. The lowest BCUT2D eigenvalue weighted by atomic mass is 9.67. The molecule has 0 N–H and O–H groups in total. The summed E-state index contributed by atoms with van der Waals surface area (Å²) in [5.74, 6) is -0.209. The van der Waals surface area contributed by atoms with Crippen molar-refractivity contribution in [2.24, 2.45) is 5.92 Å². The fourth-order valence-corrected chi connectivity index (χ4v) is 5.61. The largest absolute Gasteiger partial charge is 0.460 e. The van der Waals surface area contributed by atoms with E-state index in [9.17, 15) is 9.59 Å². The summed E-state index contributed by atoms with van der Waals surface area (Å²) < 4.78 is 12.4. The van der Waals surface area contributed by atoms with Crippen molar-refractivity contribution in [2.45, 2.75) is 82.3 Å². The minimum atomic E-state index is -1.17. The Morgan fingerprint density at radius 3 is 2.64 bits per heavy atom. The van der Waals surface area contributed by atoms with Crippen LogP contribution in [-0.2, 0) is 25.6 Å². The van der Waals surface area contributed by atoms with Gasteiger partial charge >= 0.3 is 5.97 Å². The maximum atomic E-state index is 13.3. The van der Waals surface area contributed by atoms with Crippen molar-refractivity contribution in [3.8, 4) is 0 Å². The highest BCUT2D eigenvalue weighted by Crippen LogP contribution is 2.51. The zero-order chi connectivity index (χ0) is 20.0. The van der Waals surface area contributed by atoms with E-state index in [-0.39, 0.29) is 29.2 Å². The Labute approximate surface area is 167 Å². The van der Waals surface area contributed by atoms with Gasteiger partial charge in [0.15, 0.2) is 11.8 Å². The predicted molar refractivity (Wildman–Crippen MR) is 106 cm³/mol. The number of fused-ring (bicyclic) bond motifs is 3. The van der Waals surface area contributed by atoms with Crippen LogP contribution in [0.4, 0.5) is 0 Å². The normalized spacial score (nSPS) is 37.0. The molecule has 0 amide bonds. The lowest BCUT2D eigenvalue weighted by molar-refractivity contribution is -0.268. The Kier molecular flexibility index (Phi) is 4.87. The summed E-state index contributed by atoms with van der Waals surface area (Å²) in [5, 5.41) is 0. The van der Waals surface area contributed by atoms with E-state index in [1.165, 1.54) is 0 Å². The van der Waals surface area contributed by atoms with Gasteiger partial charge in [0.1, 0.15) is 6.10 Å². The summed E-state index contributed by atoms with van der Waals surface area (Å²) in [6.45, 7) is 7.58. The van der Waals surface area contributed by atoms with Gasteiger partial charge in [0.2, 0.25) is 0 Å². The van der Waals surface area contributed by atoms with E-state index in [1.807, 2.05) is 35.2 Å². The molecule has 2 bridgehead atoms. The average Bonchev–Trinajstić information content (AvgIpc) is 3.04. The molecule has 0 spiro atoms. The number of hydrogen-bond donors (Lipinski definition) is 0. The minimum absolute atomic E-state index is 0.172. The molecule has 5 nitrogen and oxygen atoms in total. The molecule has 4 aliphatic rings. The van der Waals surface area contributed by atoms with Gasteiger partial charge in [0.25, 0.3) is 0 Å². The first kappa shape index (κ1) is 19.6.